The Morgan fingerprint density at radius 2 is 1.62 bits per heavy atom. The third-order valence-corrected chi connectivity index (χ3v) is 8.14. The Kier molecular flexibility index (Phi) is 6.10. The average Bonchev–Trinajstić information content (AvgIpc) is 2.68. The fourth-order valence-corrected chi connectivity index (χ4v) is 5.94. The number of carbonyl (C=O) groups is 1. The van der Waals surface area contributed by atoms with Crippen molar-refractivity contribution < 1.29 is 13.2 Å². The second-order valence-electron chi connectivity index (χ2n) is 7.93. The normalized spacial score (nSPS) is 16.0. The number of amides is 1. The van der Waals surface area contributed by atoms with Crippen LogP contribution >= 0.6 is 0 Å². The molecule has 0 radical (unpaired) electrons. The Balaban J connectivity index is 1.74. The number of rotatable bonds is 4. The zero-order valence-corrected chi connectivity index (χ0v) is 18.6. The zero-order chi connectivity index (χ0) is 21.3. The van der Waals surface area contributed by atoms with E-state index in [0.717, 1.165) is 27.8 Å². The maximum Gasteiger partial charge on any atom is 0.243 e. The highest BCUT2D eigenvalue weighted by molar-refractivity contribution is 7.89. The van der Waals surface area contributed by atoms with Crippen molar-refractivity contribution in [2.45, 2.75) is 52.4 Å². The molecule has 0 unspecified atom stereocenters. The van der Waals surface area contributed by atoms with Crippen LogP contribution in [0, 0.1) is 40.5 Å². The maximum atomic E-state index is 13.4. The van der Waals surface area contributed by atoms with Gasteiger partial charge in [0.05, 0.1) is 4.90 Å². The van der Waals surface area contributed by atoms with Gasteiger partial charge in [-0.05, 0) is 81.3 Å². The van der Waals surface area contributed by atoms with E-state index in [-0.39, 0.29) is 11.8 Å². The molecule has 6 nitrogen and oxygen atoms in total. The molecule has 1 aromatic heterocycles. The maximum absolute atomic E-state index is 13.4. The zero-order valence-electron chi connectivity index (χ0n) is 17.7. The molecule has 0 saturated carbocycles. The van der Waals surface area contributed by atoms with Gasteiger partial charge in [-0.15, -0.1) is 0 Å². The van der Waals surface area contributed by atoms with Gasteiger partial charge < -0.3 is 5.32 Å². The molecule has 0 spiro atoms. The smallest absolute Gasteiger partial charge is 0.243 e. The minimum atomic E-state index is -3.59. The molecular formula is C22H29N3O3S. The predicted molar refractivity (Wildman–Crippen MR) is 114 cm³/mol. The fraction of sp³-hybridized carbons (Fsp3) is 0.455. The molecule has 1 aliphatic heterocycles. The number of nitrogens with one attached hydrogen (secondary N) is 1. The third-order valence-electron chi connectivity index (χ3n) is 5.97. The molecule has 1 aromatic carbocycles. The van der Waals surface area contributed by atoms with E-state index in [1.807, 2.05) is 52.8 Å². The highest BCUT2D eigenvalue weighted by atomic mass is 32.2. The van der Waals surface area contributed by atoms with Crippen molar-refractivity contribution in [2.24, 2.45) is 5.92 Å². The summed E-state index contributed by atoms with van der Waals surface area (Å²) in [5, 5.41) is 2.88. The van der Waals surface area contributed by atoms with Crippen LogP contribution in [0.5, 0.6) is 0 Å². The summed E-state index contributed by atoms with van der Waals surface area (Å²) in [7, 11) is -3.59. The van der Waals surface area contributed by atoms with Crippen molar-refractivity contribution in [1.29, 1.82) is 0 Å². The largest absolute Gasteiger partial charge is 0.310 e. The van der Waals surface area contributed by atoms with Gasteiger partial charge in [0.15, 0.2) is 0 Å². The van der Waals surface area contributed by atoms with Crippen LogP contribution in [-0.2, 0) is 14.8 Å². The van der Waals surface area contributed by atoms with Crippen LogP contribution in [-0.4, -0.2) is 36.7 Å². The summed E-state index contributed by atoms with van der Waals surface area (Å²) in [5.41, 5.74) is 4.47. The first kappa shape index (κ1) is 21.5. The Hall–Kier alpha value is -2.25. The van der Waals surface area contributed by atoms with Gasteiger partial charge in [0.2, 0.25) is 15.9 Å². The lowest BCUT2D eigenvalue weighted by Crippen LogP contribution is -2.42. The highest BCUT2D eigenvalue weighted by Gasteiger charge is 2.34. The van der Waals surface area contributed by atoms with Crippen LogP contribution in [0.15, 0.2) is 29.3 Å². The van der Waals surface area contributed by atoms with E-state index < -0.39 is 10.0 Å². The molecule has 2 aromatic rings. The van der Waals surface area contributed by atoms with E-state index in [9.17, 15) is 13.2 Å². The standard InChI is InChI=1S/C22H29N3O3S/c1-14-7-6-10-23-21(14)24-22(26)19-8-11-25(12-9-19)29(27,28)20-17(4)15(2)13-16(3)18(20)5/h6-7,10,13,19H,8-9,11-12H2,1-5H3,(H,23,24,26). The molecule has 0 bridgehead atoms. The summed E-state index contributed by atoms with van der Waals surface area (Å²) in [6.07, 6.45) is 2.64. The number of hydrogen-bond donors (Lipinski definition) is 1. The molecule has 0 atom stereocenters. The van der Waals surface area contributed by atoms with Crippen molar-refractivity contribution in [3.05, 3.63) is 52.2 Å². The van der Waals surface area contributed by atoms with E-state index in [0.29, 0.717) is 36.6 Å². The summed E-state index contributed by atoms with van der Waals surface area (Å²) in [6, 6.07) is 5.75. The number of pyridine rings is 1. The lowest BCUT2D eigenvalue weighted by molar-refractivity contribution is -0.120. The van der Waals surface area contributed by atoms with E-state index in [2.05, 4.69) is 10.3 Å². The van der Waals surface area contributed by atoms with E-state index >= 15 is 0 Å². The lowest BCUT2D eigenvalue weighted by atomic mass is 9.97. The topological polar surface area (TPSA) is 79.4 Å². The molecule has 1 fully saturated rings. The summed E-state index contributed by atoms with van der Waals surface area (Å²) in [4.78, 5) is 17.2. The number of aromatic nitrogens is 1. The van der Waals surface area contributed by atoms with Crippen molar-refractivity contribution in [3.8, 4) is 0 Å². The minimum Gasteiger partial charge on any atom is -0.310 e. The molecule has 1 amide bonds. The number of piperidine rings is 1. The molecule has 7 heteroatoms. The van der Waals surface area contributed by atoms with Gasteiger partial charge in [-0.3, -0.25) is 4.79 Å². The van der Waals surface area contributed by atoms with Crippen LogP contribution in [0.2, 0.25) is 0 Å². The van der Waals surface area contributed by atoms with Gasteiger partial charge >= 0.3 is 0 Å². The van der Waals surface area contributed by atoms with Crippen molar-refractivity contribution in [3.63, 3.8) is 0 Å². The van der Waals surface area contributed by atoms with E-state index in [1.54, 1.807) is 6.20 Å². The van der Waals surface area contributed by atoms with Gasteiger partial charge in [-0.25, -0.2) is 13.4 Å². The van der Waals surface area contributed by atoms with E-state index in [4.69, 9.17) is 0 Å². The van der Waals surface area contributed by atoms with Crippen LogP contribution in [0.3, 0.4) is 0 Å². The minimum absolute atomic E-state index is 0.0948. The Labute approximate surface area is 173 Å². The fourth-order valence-electron chi connectivity index (χ4n) is 3.89. The number of sulfonamides is 1. The molecule has 29 heavy (non-hydrogen) atoms. The average molecular weight is 416 g/mol. The quantitative estimate of drug-likeness (QED) is 0.826. The molecule has 1 aliphatic rings. The molecule has 0 aliphatic carbocycles. The van der Waals surface area contributed by atoms with Crippen molar-refractivity contribution in [2.75, 3.05) is 18.4 Å². The summed E-state index contributed by atoms with van der Waals surface area (Å²) >= 11 is 0. The lowest BCUT2D eigenvalue weighted by Gasteiger charge is -2.31. The first-order valence-electron chi connectivity index (χ1n) is 9.93. The van der Waals surface area contributed by atoms with E-state index in [1.165, 1.54) is 4.31 Å². The molecule has 1 N–H and O–H groups in total. The van der Waals surface area contributed by atoms with Crippen LogP contribution in [0.1, 0.15) is 40.7 Å². The number of aryl methyl sites for hydroxylation is 3. The number of hydrogen-bond acceptors (Lipinski definition) is 4. The second kappa shape index (κ2) is 8.24. The first-order valence-corrected chi connectivity index (χ1v) is 11.4. The monoisotopic (exact) mass is 415 g/mol. The number of benzene rings is 1. The Morgan fingerprint density at radius 3 is 2.17 bits per heavy atom. The van der Waals surface area contributed by atoms with Gasteiger partial charge in [0.25, 0.3) is 0 Å². The first-order chi connectivity index (χ1) is 13.6. The number of carbonyl (C=O) groups excluding carboxylic acids is 1. The molecule has 1 saturated heterocycles. The van der Waals surface area contributed by atoms with Crippen LogP contribution < -0.4 is 5.32 Å². The Bertz CT molecular complexity index is 1010. The highest BCUT2D eigenvalue weighted by Crippen LogP contribution is 2.31. The SMILES string of the molecule is Cc1cccnc1NC(=O)C1CCN(S(=O)(=O)c2c(C)c(C)cc(C)c2C)CC1. The second-order valence-corrected chi connectivity index (χ2v) is 9.80. The third kappa shape index (κ3) is 4.21. The summed E-state index contributed by atoms with van der Waals surface area (Å²) in [5.74, 6) is 0.251. The summed E-state index contributed by atoms with van der Waals surface area (Å²) < 4.78 is 28.2. The van der Waals surface area contributed by atoms with Gasteiger partial charge in [0.1, 0.15) is 5.82 Å². The molecule has 3 rings (SSSR count). The predicted octanol–water partition coefficient (Wildman–Crippen LogP) is 3.66. The van der Waals surface area contributed by atoms with Crippen molar-refractivity contribution >= 4 is 21.7 Å². The van der Waals surface area contributed by atoms with Gasteiger partial charge in [0, 0.05) is 25.2 Å². The number of nitrogens with zero attached hydrogens (tertiary/aromatic N) is 2. The van der Waals surface area contributed by atoms with Crippen LogP contribution in [0.25, 0.3) is 0 Å². The van der Waals surface area contributed by atoms with Gasteiger partial charge in [-0.1, -0.05) is 12.1 Å². The van der Waals surface area contributed by atoms with Crippen molar-refractivity contribution in [1.82, 2.24) is 9.29 Å². The number of anilines is 1. The van der Waals surface area contributed by atoms with Crippen LogP contribution in [0.4, 0.5) is 5.82 Å². The van der Waals surface area contributed by atoms with Gasteiger partial charge in [-0.2, -0.15) is 4.31 Å². The molecule has 2 heterocycles. The Morgan fingerprint density at radius 1 is 1.03 bits per heavy atom. The molecular weight excluding hydrogens is 386 g/mol. The molecule has 156 valence electrons. The summed E-state index contributed by atoms with van der Waals surface area (Å²) in [6.45, 7) is 10.2.